The average molecular weight is 186 g/mol. The Morgan fingerprint density at radius 2 is 2.00 bits per heavy atom. The van der Waals surface area contributed by atoms with Gasteiger partial charge >= 0.3 is 0 Å². The zero-order valence-corrected chi connectivity index (χ0v) is 8.70. The average Bonchev–Trinajstić information content (AvgIpc) is 2.22. The molecule has 1 heterocycles. The second-order valence-electron chi connectivity index (χ2n) is 4.17. The SMILES string of the molecule is C=CC1(C)OC(C)(C)OC1C(C)O. The molecule has 0 spiro atoms. The molecule has 0 aromatic carbocycles. The van der Waals surface area contributed by atoms with Crippen LogP contribution in [-0.4, -0.2) is 28.7 Å². The van der Waals surface area contributed by atoms with Crippen molar-refractivity contribution < 1.29 is 14.6 Å². The molecular formula is C10H18O3. The van der Waals surface area contributed by atoms with Crippen molar-refractivity contribution in [2.45, 2.75) is 51.3 Å². The van der Waals surface area contributed by atoms with E-state index in [1.54, 1.807) is 13.0 Å². The summed E-state index contributed by atoms with van der Waals surface area (Å²) < 4.78 is 11.2. The van der Waals surface area contributed by atoms with Crippen LogP contribution in [0.25, 0.3) is 0 Å². The van der Waals surface area contributed by atoms with Crippen molar-refractivity contribution in [2.24, 2.45) is 0 Å². The molecule has 1 saturated heterocycles. The number of aliphatic hydroxyl groups excluding tert-OH is 1. The normalized spacial score (nSPS) is 40.2. The minimum Gasteiger partial charge on any atom is -0.391 e. The Labute approximate surface area is 79.3 Å². The van der Waals surface area contributed by atoms with Gasteiger partial charge in [0.1, 0.15) is 11.7 Å². The highest BCUT2D eigenvalue weighted by Gasteiger charge is 2.50. The topological polar surface area (TPSA) is 38.7 Å². The second kappa shape index (κ2) is 3.08. The van der Waals surface area contributed by atoms with Gasteiger partial charge in [0, 0.05) is 0 Å². The summed E-state index contributed by atoms with van der Waals surface area (Å²) in [6.07, 6.45) is 0.767. The molecule has 0 amide bonds. The zero-order chi connectivity index (χ0) is 10.3. The molecule has 1 aliphatic heterocycles. The standard InChI is InChI=1S/C10H18O3/c1-6-10(5)8(7(2)11)12-9(3,4)13-10/h6-8,11H,1H2,2-5H3. The third kappa shape index (κ3) is 1.93. The van der Waals surface area contributed by atoms with Gasteiger partial charge in [0.25, 0.3) is 0 Å². The van der Waals surface area contributed by atoms with E-state index < -0.39 is 17.5 Å². The van der Waals surface area contributed by atoms with Crippen molar-refractivity contribution >= 4 is 0 Å². The molecule has 3 nitrogen and oxygen atoms in total. The van der Waals surface area contributed by atoms with E-state index in [4.69, 9.17) is 9.47 Å². The van der Waals surface area contributed by atoms with Gasteiger partial charge in [-0.1, -0.05) is 6.08 Å². The van der Waals surface area contributed by atoms with Gasteiger partial charge < -0.3 is 14.6 Å². The molecule has 76 valence electrons. The van der Waals surface area contributed by atoms with E-state index in [-0.39, 0.29) is 6.10 Å². The number of hydrogen-bond donors (Lipinski definition) is 1. The summed E-state index contributed by atoms with van der Waals surface area (Å²) in [6, 6.07) is 0. The first kappa shape index (κ1) is 10.7. The summed E-state index contributed by atoms with van der Waals surface area (Å²) in [5.41, 5.74) is -0.600. The molecule has 0 aromatic rings. The lowest BCUT2D eigenvalue weighted by molar-refractivity contribution is -0.158. The van der Waals surface area contributed by atoms with Crippen molar-refractivity contribution in [2.75, 3.05) is 0 Å². The van der Waals surface area contributed by atoms with Crippen LogP contribution >= 0.6 is 0 Å². The van der Waals surface area contributed by atoms with Crippen LogP contribution < -0.4 is 0 Å². The van der Waals surface area contributed by atoms with E-state index in [1.807, 2.05) is 20.8 Å². The molecule has 0 aromatic heterocycles. The molecule has 1 rings (SSSR count). The van der Waals surface area contributed by atoms with Crippen molar-refractivity contribution in [1.82, 2.24) is 0 Å². The Bertz CT molecular complexity index is 210. The van der Waals surface area contributed by atoms with Crippen molar-refractivity contribution in [3.8, 4) is 0 Å². The Morgan fingerprint density at radius 3 is 2.31 bits per heavy atom. The minimum atomic E-state index is -0.648. The first-order valence-electron chi connectivity index (χ1n) is 4.50. The monoisotopic (exact) mass is 186 g/mol. The number of ether oxygens (including phenoxy) is 2. The zero-order valence-electron chi connectivity index (χ0n) is 8.70. The Balaban J connectivity index is 2.90. The maximum Gasteiger partial charge on any atom is 0.164 e. The van der Waals surface area contributed by atoms with Crippen LogP contribution in [-0.2, 0) is 9.47 Å². The summed E-state index contributed by atoms with van der Waals surface area (Å²) in [4.78, 5) is 0. The summed E-state index contributed by atoms with van der Waals surface area (Å²) in [5, 5.41) is 9.50. The fourth-order valence-electron chi connectivity index (χ4n) is 1.77. The Kier molecular flexibility index (Phi) is 2.54. The van der Waals surface area contributed by atoms with Crippen molar-refractivity contribution in [3.05, 3.63) is 12.7 Å². The van der Waals surface area contributed by atoms with Gasteiger partial charge in [-0.15, -0.1) is 6.58 Å². The van der Waals surface area contributed by atoms with Crippen molar-refractivity contribution in [3.63, 3.8) is 0 Å². The number of hydrogen-bond acceptors (Lipinski definition) is 3. The predicted molar refractivity (Wildman–Crippen MR) is 50.3 cm³/mol. The quantitative estimate of drug-likeness (QED) is 0.664. The fraction of sp³-hybridized carbons (Fsp3) is 0.800. The number of aliphatic hydroxyl groups is 1. The molecular weight excluding hydrogens is 168 g/mol. The highest BCUT2D eigenvalue weighted by molar-refractivity contribution is 5.06. The predicted octanol–water partition coefficient (Wildman–Crippen LogP) is 1.46. The molecule has 3 atom stereocenters. The van der Waals surface area contributed by atoms with Gasteiger partial charge in [-0.05, 0) is 27.7 Å². The second-order valence-corrected chi connectivity index (χ2v) is 4.17. The third-order valence-electron chi connectivity index (χ3n) is 2.28. The summed E-state index contributed by atoms with van der Waals surface area (Å²) in [5.74, 6) is -0.648. The highest BCUT2D eigenvalue weighted by atomic mass is 16.8. The van der Waals surface area contributed by atoms with Crippen LogP contribution in [0.1, 0.15) is 27.7 Å². The van der Waals surface area contributed by atoms with Crippen LogP contribution in [0.5, 0.6) is 0 Å². The van der Waals surface area contributed by atoms with Crippen molar-refractivity contribution in [1.29, 1.82) is 0 Å². The largest absolute Gasteiger partial charge is 0.391 e. The lowest BCUT2D eigenvalue weighted by Crippen LogP contribution is -2.41. The first-order chi connectivity index (χ1) is 5.81. The van der Waals surface area contributed by atoms with E-state index in [1.165, 1.54) is 0 Å². The molecule has 0 bridgehead atoms. The summed E-state index contributed by atoms with van der Waals surface area (Å²) in [6.45, 7) is 10.9. The third-order valence-corrected chi connectivity index (χ3v) is 2.28. The molecule has 0 saturated carbocycles. The minimum absolute atomic E-state index is 0.347. The number of rotatable bonds is 2. The van der Waals surface area contributed by atoms with Gasteiger partial charge in [0.05, 0.1) is 6.10 Å². The summed E-state index contributed by atoms with van der Waals surface area (Å²) in [7, 11) is 0. The molecule has 1 N–H and O–H groups in total. The van der Waals surface area contributed by atoms with Gasteiger partial charge in [-0.3, -0.25) is 0 Å². The fourth-order valence-corrected chi connectivity index (χ4v) is 1.77. The van der Waals surface area contributed by atoms with E-state index in [0.29, 0.717) is 0 Å². The van der Waals surface area contributed by atoms with Gasteiger partial charge in [-0.25, -0.2) is 0 Å². The molecule has 0 radical (unpaired) electrons. The molecule has 3 heteroatoms. The van der Waals surface area contributed by atoms with E-state index in [9.17, 15) is 5.11 Å². The van der Waals surface area contributed by atoms with E-state index in [0.717, 1.165) is 0 Å². The Morgan fingerprint density at radius 1 is 1.46 bits per heavy atom. The smallest absolute Gasteiger partial charge is 0.164 e. The van der Waals surface area contributed by atoms with E-state index >= 15 is 0 Å². The molecule has 1 aliphatic rings. The van der Waals surface area contributed by atoms with Crippen LogP contribution in [0, 0.1) is 0 Å². The van der Waals surface area contributed by atoms with Crippen LogP contribution in [0.2, 0.25) is 0 Å². The van der Waals surface area contributed by atoms with Gasteiger partial charge in [0.2, 0.25) is 0 Å². The van der Waals surface area contributed by atoms with Crippen LogP contribution in [0.15, 0.2) is 12.7 Å². The first-order valence-corrected chi connectivity index (χ1v) is 4.50. The Hall–Kier alpha value is -0.380. The molecule has 1 fully saturated rings. The van der Waals surface area contributed by atoms with Gasteiger partial charge in [0.15, 0.2) is 5.79 Å². The molecule has 0 aliphatic carbocycles. The summed E-state index contributed by atoms with van der Waals surface area (Å²) >= 11 is 0. The maximum absolute atomic E-state index is 9.50. The highest BCUT2D eigenvalue weighted by Crippen LogP contribution is 2.38. The molecule has 3 unspecified atom stereocenters. The van der Waals surface area contributed by atoms with E-state index in [2.05, 4.69) is 6.58 Å². The van der Waals surface area contributed by atoms with Gasteiger partial charge in [-0.2, -0.15) is 0 Å². The van der Waals surface area contributed by atoms with Crippen LogP contribution in [0.4, 0.5) is 0 Å². The maximum atomic E-state index is 9.50. The van der Waals surface area contributed by atoms with Crippen LogP contribution in [0.3, 0.4) is 0 Å². The lowest BCUT2D eigenvalue weighted by Gasteiger charge is -2.26. The molecule has 13 heavy (non-hydrogen) atoms. The lowest BCUT2D eigenvalue weighted by atomic mass is 9.96.